The van der Waals surface area contributed by atoms with Crippen molar-refractivity contribution >= 4 is 16.8 Å². The molecule has 0 saturated carbocycles. The van der Waals surface area contributed by atoms with Gasteiger partial charge >= 0.3 is 0 Å². The number of methoxy groups -OCH3 is 1. The Kier molecular flexibility index (Phi) is 2.80. The summed E-state index contributed by atoms with van der Waals surface area (Å²) in [6, 6.07) is 7.05. The summed E-state index contributed by atoms with van der Waals surface area (Å²) < 4.78 is 97.9. The van der Waals surface area contributed by atoms with Crippen LogP contribution in [0.4, 0.5) is 8.78 Å². The van der Waals surface area contributed by atoms with Gasteiger partial charge in [-0.05, 0) is 41.5 Å². The van der Waals surface area contributed by atoms with Gasteiger partial charge in [-0.1, -0.05) is 0 Å². The Morgan fingerprint density at radius 2 is 2.06 bits per heavy atom. The van der Waals surface area contributed by atoms with Gasteiger partial charge in [0, 0.05) is 40.5 Å². The molecule has 8 heteroatoms. The molecule has 0 atom stereocenters. The van der Waals surface area contributed by atoms with E-state index in [0.717, 1.165) is 18.3 Å². The van der Waals surface area contributed by atoms with E-state index in [9.17, 15) is 4.79 Å². The number of carbonyl (C=O) groups is 1. The lowest BCUT2D eigenvalue weighted by atomic mass is 9.99. The van der Waals surface area contributed by atoms with Crippen molar-refractivity contribution in [2.75, 3.05) is 7.04 Å². The molecule has 0 radical (unpaired) electrons. The lowest BCUT2D eigenvalue weighted by Gasteiger charge is -2.17. The van der Waals surface area contributed by atoms with Crippen LogP contribution >= 0.6 is 0 Å². The number of pyridine rings is 1. The predicted molar refractivity (Wildman–Crippen MR) is 110 cm³/mol. The van der Waals surface area contributed by atoms with Crippen molar-refractivity contribution < 1.29 is 29.3 Å². The number of nitrogens with zero attached hydrogens (tertiary/aromatic N) is 4. The first-order valence-corrected chi connectivity index (χ1v) is 9.05. The molecule has 0 fully saturated rings. The van der Waals surface area contributed by atoms with Crippen LogP contribution < -0.4 is 4.74 Å². The Morgan fingerprint density at radius 1 is 1.23 bits per heavy atom. The molecule has 1 aliphatic rings. The molecule has 0 aliphatic carbocycles. The summed E-state index contributed by atoms with van der Waals surface area (Å²) in [4.78, 5) is 17.4. The molecule has 6 nitrogen and oxygen atoms in total. The van der Waals surface area contributed by atoms with Crippen LogP contribution in [-0.4, -0.2) is 32.6 Å². The predicted octanol–water partition coefficient (Wildman–Crippen LogP) is 4.08. The number of ether oxygens (including phenoxy) is 1. The van der Waals surface area contributed by atoms with Crippen LogP contribution in [0.3, 0.4) is 0 Å². The summed E-state index contributed by atoms with van der Waals surface area (Å²) in [6.45, 7) is -5.84. The number of carbonyl (C=O) groups excluding carboxylic acids is 1. The van der Waals surface area contributed by atoms with E-state index in [4.69, 9.17) is 15.7 Å². The van der Waals surface area contributed by atoms with E-state index in [2.05, 4.69) is 10.1 Å². The molecule has 156 valence electrons. The lowest BCUT2D eigenvalue weighted by molar-refractivity contribution is 0.0763. The maximum absolute atomic E-state index is 15.4. The average Bonchev–Trinajstić information content (AvgIpc) is 3.33. The molecule has 2 aromatic heterocycles. The zero-order valence-corrected chi connectivity index (χ0v) is 15.7. The molecule has 0 spiro atoms. The monoisotopic (exact) mass is 428 g/mol. The Labute approximate surface area is 187 Å². The van der Waals surface area contributed by atoms with Crippen LogP contribution in [0.1, 0.15) is 32.6 Å². The smallest absolute Gasteiger partial charge is 0.256 e. The van der Waals surface area contributed by atoms with E-state index in [-0.39, 0.29) is 39.0 Å². The zero-order valence-electron chi connectivity index (χ0n) is 23.7. The number of aromatic nitrogens is 3. The molecule has 2 aromatic carbocycles. The maximum atomic E-state index is 15.4. The minimum absolute atomic E-state index is 0.00823. The molecular weight excluding hydrogens is 402 g/mol. The molecule has 1 amide bonds. The molecule has 0 N–H and O–H groups in total. The fourth-order valence-electron chi connectivity index (χ4n) is 3.57. The number of hydrogen-bond donors (Lipinski definition) is 0. The van der Waals surface area contributed by atoms with Gasteiger partial charge in [0.2, 0.25) is 0 Å². The normalized spacial score (nSPS) is 19.4. The van der Waals surface area contributed by atoms with E-state index in [1.165, 1.54) is 30.5 Å². The summed E-state index contributed by atoms with van der Waals surface area (Å²) in [5, 5.41) is 4.10. The number of rotatable bonds is 4. The van der Waals surface area contributed by atoms with Crippen molar-refractivity contribution in [1.82, 2.24) is 19.7 Å². The van der Waals surface area contributed by atoms with Gasteiger partial charge in [-0.2, -0.15) is 5.10 Å². The Morgan fingerprint density at radius 3 is 2.81 bits per heavy atom. The van der Waals surface area contributed by atoms with Gasteiger partial charge in [0.15, 0.2) is 0 Å². The van der Waals surface area contributed by atoms with Crippen LogP contribution in [0, 0.1) is 11.6 Å². The lowest BCUT2D eigenvalue weighted by Crippen LogP contribution is -2.24. The highest BCUT2D eigenvalue weighted by atomic mass is 19.1. The van der Waals surface area contributed by atoms with Crippen LogP contribution in [0.15, 0.2) is 48.8 Å². The Balaban J connectivity index is 1.59. The number of halogens is 2. The van der Waals surface area contributed by atoms with Crippen molar-refractivity contribution in [3.8, 4) is 16.9 Å². The quantitative estimate of drug-likeness (QED) is 0.492. The molecule has 4 aromatic rings. The molecule has 0 bridgehead atoms. The number of aryl methyl sites for hydroxylation is 1. The van der Waals surface area contributed by atoms with Crippen molar-refractivity contribution in [2.45, 2.75) is 13.0 Å². The third kappa shape index (κ3) is 3.20. The molecule has 5 rings (SSSR count). The molecule has 0 saturated heterocycles. The highest BCUT2D eigenvalue weighted by molar-refractivity contribution is 5.98. The number of benzene rings is 2. The molecule has 3 heterocycles. The van der Waals surface area contributed by atoms with Gasteiger partial charge in [-0.3, -0.25) is 14.5 Å². The van der Waals surface area contributed by atoms with E-state index < -0.39 is 50.2 Å². The van der Waals surface area contributed by atoms with Crippen LogP contribution in [0.2, 0.25) is 0 Å². The number of amides is 1. The highest BCUT2D eigenvalue weighted by Crippen LogP contribution is 2.34. The largest absolute Gasteiger partial charge is 0.497 e. The van der Waals surface area contributed by atoms with Crippen molar-refractivity contribution in [3.05, 3.63) is 77.2 Å². The van der Waals surface area contributed by atoms with E-state index in [0.29, 0.717) is 9.58 Å². The third-order valence-electron chi connectivity index (χ3n) is 5.01. The Hall–Kier alpha value is -3.81. The third-order valence-corrected chi connectivity index (χ3v) is 5.01. The molecule has 0 unspecified atom stereocenters. The standard InChI is InChI=1S/C23H18F2N4O2/c1-28-10-17-16(8-14(31-2)9-21(17)27-28)13-6-19(24)18(20(25)7-13)11-29-12-22-15(23(29)30)4-3-5-26-22/h3-10H,11-12H2,1-2H3/i1D3,2D3,12D2. The summed E-state index contributed by atoms with van der Waals surface area (Å²) in [5.74, 6) is -3.24. The van der Waals surface area contributed by atoms with Gasteiger partial charge in [0.1, 0.15) is 17.4 Å². The molecule has 31 heavy (non-hydrogen) atoms. The minimum Gasteiger partial charge on any atom is -0.497 e. The highest BCUT2D eigenvalue weighted by Gasteiger charge is 2.29. The first-order chi connectivity index (χ1) is 18.1. The SMILES string of the molecule is [2H]C([2H])([2H])Oc1cc(-c2cc(F)c(CN3C(=O)c4cccnc4C3([2H])[2H])c(F)c2)c2cn(C([2H])([2H])[2H])nc2c1. The van der Waals surface area contributed by atoms with Crippen LogP contribution in [0.25, 0.3) is 22.0 Å². The van der Waals surface area contributed by atoms with E-state index in [1.54, 1.807) is 0 Å². The maximum Gasteiger partial charge on any atom is 0.256 e. The second-order valence-corrected chi connectivity index (χ2v) is 6.90. The van der Waals surface area contributed by atoms with Crippen LogP contribution in [0.5, 0.6) is 5.75 Å². The molecule has 1 aliphatic heterocycles. The van der Waals surface area contributed by atoms with E-state index >= 15 is 8.78 Å². The van der Waals surface area contributed by atoms with Gasteiger partial charge in [-0.25, -0.2) is 8.78 Å². The summed E-state index contributed by atoms with van der Waals surface area (Å²) in [6.07, 6.45) is 2.45. The van der Waals surface area contributed by atoms with Crippen molar-refractivity contribution in [3.63, 3.8) is 0 Å². The molecular formula is C23H18F2N4O2. The summed E-state index contributed by atoms with van der Waals surface area (Å²) in [5.41, 5.74) is -0.815. The van der Waals surface area contributed by atoms with Crippen molar-refractivity contribution in [1.29, 1.82) is 0 Å². The van der Waals surface area contributed by atoms with Crippen LogP contribution in [-0.2, 0) is 20.0 Å². The first-order valence-electron chi connectivity index (χ1n) is 13.0. The number of fused-ring (bicyclic) bond motifs is 2. The van der Waals surface area contributed by atoms with Crippen molar-refractivity contribution in [2.24, 2.45) is 6.98 Å². The van der Waals surface area contributed by atoms with E-state index in [1.807, 2.05) is 0 Å². The first kappa shape index (κ1) is 12.1. The van der Waals surface area contributed by atoms with Gasteiger partial charge in [-0.15, -0.1) is 0 Å². The van der Waals surface area contributed by atoms with Gasteiger partial charge in [0.25, 0.3) is 5.91 Å². The second kappa shape index (κ2) is 7.16. The minimum atomic E-state index is -2.87. The zero-order chi connectivity index (χ0) is 28.5. The Bertz CT molecular complexity index is 1610. The van der Waals surface area contributed by atoms with Gasteiger partial charge < -0.3 is 9.64 Å². The topological polar surface area (TPSA) is 60.2 Å². The fraction of sp³-hybridized carbons (Fsp3) is 0.174. The second-order valence-electron chi connectivity index (χ2n) is 6.90. The van der Waals surface area contributed by atoms with Gasteiger partial charge in [0.05, 0.1) is 43.7 Å². The summed E-state index contributed by atoms with van der Waals surface area (Å²) in [7, 11) is -2.87. The average molecular weight is 428 g/mol. The summed E-state index contributed by atoms with van der Waals surface area (Å²) >= 11 is 0. The fourth-order valence-corrected chi connectivity index (χ4v) is 3.57. The number of hydrogen-bond acceptors (Lipinski definition) is 4.